The molecule has 1 fully saturated rings. The fourth-order valence-electron chi connectivity index (χ4n) is 2.28. The number of aryl methyl sites for hydroxylation is 1. The van der Waals surface area contributed by atoms with Crippen molar-refractivity contribution in [1.82, 2.24) is 9.88 Å². The number of likely N-dealkylation sites (tertiary alicyclic amines) is 1. The number of carbonyl (C=O) groups is 1. The Kier molecular flexibility index (Phi) is 4.31. The first-order chi connectivity index (χ1) is 8.63. The highest BCUT2D eigenvalue weighted by molar-refractivity contribution is 7.09. The topological polar surface area (TPSA) is 51.7 Å². The van der Waals surface area contributed by atoms with Crippen LogP contribution in [0.15, 0.2) is 5.38 Å². The minimum Gasteiger partial charge on any atom is -0.468 e. The number of rotatable bonds is 4. The molecule has 0 N–H and O–H groups in total. The number of ether oxygens (including phenoxy) is 2. The predicted octanol–water partition coefficient (Wildman–Crippen LogP) is 1.21. The van der Waals surface area contributed by atoms with Gasteiger partial charge >= 0.3 is 5.97 Å². The van der Waals surface area contributed by atoms with E-state index < -0.39 is 0 Å². The smallest absolute Gasteiger partial charge is 0.323 e. The van der Waals surface area contributed by atoms with E-state index in [9.17, 15) is 4.79 Å². The first-order valence-electron chi connectivity index (χ1n) is 5.89. The summed E-state index contributed by atoms with van der Waals surface area (Å²) in [4.78, 5) is 18.3. The fraction of sp³-hybridized carbons (Fsp3) is 0.667. The summed E-state index contributed by atoms with van der Waals surface area (Å²) in [5.74, 6) is -0.193. The van der Waals surface area contributed by atoms with Crippen LogP contribution in [0.5, 0.6) is 0 Å². The van der Waals surface area contributed by atoms with Crippen molar-refractivity contribution in [3.8, 4) is 0 Å². The van der Waals surface area contributed by atoms with Crippen molar-refractivity contribution in [1.29, 1.82) is 0 Å². The van der Waals surface area contributed by atoms with Gasteiger partial charge in [0.15, 0.2) is 0 Å². The molecule has 1 saturated heterocycles. The number of carbonyl (C=O) groups excluding carboxylic acids is 1. The van der Waals surface area contributed by atoms with E-state index in [-0.39, 0.29) is 18.1 Å². The molecule has 0 aliphatic carbocycles. The zero-order chi connectivity index (χ0) is 13.1. The summed E-state index contributed by atoms with van der Waals surface area (Å²) in [5.41, 5.74) is 1.00. The van der Waals surface area contributed by atoms with Crippen LogP contribution in [0.2, 0.25) is 0 Å². The van der Waals surface area contributed by atoms with Crippen molar-refractivity contribution >= 4 is 17.3 Å². The number of hydrogen-bond acceptors (Lipinski definition) is 6. The third-order valence-corrected chi connectivity index (χ3v) is 4.03. The molecule has 18 heavy (non-hydrogen) atoms. The van der Waals surface area contributed by atoms with E-state index in [0.717, 1.165) is 17.2 Å². The molecule has 0 unspecified atom stereocenters. The Morgan fingerprint density at radius 2 is 2.39 bits per heavy atom. The second kappa shape index (κ2) is 5.77. The minimum atomic E-state index is -0.220. The quantitative estimate of drug-likeness (QED) is 0.770. The first kappa shape index (κ1) is 13.5. The normalized spacial score (nSPS) is 24.4. The number of hydrogen-bond donors (Lipinski definition) is 0. The van der Waals surface area contributed by atoms with Gasteiger partial charge in [-0.2, -0.15) is 0 Å². The third kappa shape index (κ3) is 2.88. The molecular formula is C12H18N2O3S. The monoisotopic (exact) mass is 270 g/mol. The molecule has 1 aromatic rings. The van der Waals surface area contributed by atoms with Crippen LogP contribution >= 0.6 is 11.3 Å². The van der Waals surface area contributed by atoms with Crippen LogP contribution in [0.25, 0.3) is 0 Å². The lowest BCUT2D eigenvalue weighted by Crippen LogP contribution is -2.36. The molecule has 100 valence electrons. The zero-order valence-electron chi connectivity index (χ0n) is 10.9. The number of nitrogens with zero attached hydrogens (tertiary/aromatic N) is 2. The van der Waals surface area contributed by atoms with Crippen molar-refractivity contribution in [2.45, 2.75) is 32.0 Å². The maximum Gasteiger partial charge on any atom is 0.323 e. The summed E-state index contributed by atoms with van der Waals surface area (Å²) in [7, 11) is 3.10. The van der Waals surface area contributed by atoms with Gasteiger partial charge in [-0.15, -0.1) is 11.3 Å². The molecule has 1 aromatic heterocycles. The molecule has 2 atom stereocenters. The first-order valence-corrected chi connectivity index (χ1v) is 6.77. The summed E-state index contributed by atoms with van der Waals surface area (Å²) >= 11 is 1.62. The van der Waals surface area contributed by atoms with E-state index in [1.54, 1.807) is 18.4 Å². The second-order valence-corrected chi connectivity index (χ2v) is 5.48. The van der Waals surface area contributed by atoms with Gasteiger partial charge < -0.3 is 9.47 Å². The van der Waals surface area contributed by atoms with Crippen LogP contribution in [0, 0.1) is 6.92 Å². The van der Waals surface area contributed by atoms with E-state index >= 15 is 0 Å². The van der Waals surface area contributed by atoms with E-state index in [2.05, 4.69) is 9.88 Å². The average molecular weight is 270 g/mol. The lowest BCUT2D eigenvalue weighted by Gasteiger charge is -2.20. The molecule has 0 amide bonds. The van der Waals surface area contributed by atoms with Gasteiger partial charge in [-0.25, -0.2) is 4.98 Å². The molecule has 5 nitrogen and oxygen atoms in total. The number of esters is 1. The Hall–Kier alpha value is -0.980. The molecule has 0 saturated carbocycles. The van der Waals surface area contributed by atoms with Crippen molar-refractivity contribution in [3.63, 3.8) is 0 Å². The summed E-state index contributed by atoms with van der Waals surface area (Å²) in [6, 6.07) is -0.220. The van der Waals surface area contributed by atoms with Crippen LogP contribution < -0.4 is 0 Å². The lowest BCUT2D eigenvalue weighted by molar-refractivity contribution is -0.146. The van der Waals surface area contributed by atoms with Crippen molar-refractivity contribution in [2.75, 3.05) is 20.8 Å². The fourth-order valence-corrected chi connectivity index (χ4v) is 2.88. The molecule has 0 spiro atoms. The van der Waals surface area contributed by atoms with Gasteiger partial charge in [-0.1, -0.05) is 0 Å². The van der Waals surface area contributed by atoms with Gasteiger partial charge in [0.2, 0.25) is 0 Å². The molecule has 1 aliphatic rings. The Morgan fingerprint density at radius 3 is 2.94 bits per heavy atom. The van der Waals surface area contributed by atoms with Gasteiger partial charge in [0.05, 0.1) is 23.9 Å². The standard InChI is InChI=1S/C12H18N2O3S/c1-8-13-9(7-18-8)5-14-6-10(16-2)4-11(14)12(15)17-3/h7,10-11H,4-6H2,1-3H3/t10-,11-/m1/s1. The molecule has 6 heteroatoms. The van der Waals surface area contributed by atoms with Gasteiger partial charge in [0, 0.05) is 32.0 Å². The van der Waals surface area contributed by atoms with Crippen molar-refractivity contribution < 1.29 is 14.3 Å². The van der Waals surface area contributed by atoms with Gasteiger partial charge in [0.1, 0.15) is 6.04 Å². The van der Waals surface area contributed by atoms with Gasteiger partial charge in [-0.3, -0.25) is 9.69 Å². The van der Waals surface area contributed by atoms with Gasteiger partial charge in [-0.05, 0) is 6.92 Å². The van der Waals surface area contributed by atoms with Crippen molar-refractivity contribution in [2.24, 2.45) is 0 Å². The average Bonchev–Trinajstić information content (AvgIpc) is 2.95. The maximum atomic E-state index is 11.7. The third-order valence-electron chi connectivity index (χ3n) is 3.20. The van der Waals surface area contributed by atoms with Crippen LogP contribution in [0.1, 0.15) is 17.1 Å². The number of aromatic nitrogens is 1. The van der Waals surface area contributed by atoms with Crippen LogP contribution in [-0.4, -0.2) is 48.8 Å². The SMILES string of the molecule is COC(=O)[C@H]1C[C@@H](OC)CN1Cc1csc(C)n1. The Morgan fingerprint density at radius 1 is 1.61 bits per heavy atom. The highest BCUT2D eigenvalue weighted by atomic mass is 32.1. The maximum absolute atomic E-state index is 11.7. The lowest BCUT2D eigenvalue weighted by atomic mass is 10.2. The Bertz CT molecular complexity index is 421. The zero-order valence-corrected chi connectivity index (χ0v) is 11.7. The van der Waals surface area contributed by atoms with E-state index in [1.807, 2.05) is 12.3 Å². The van der Waals surface area contributed by atoms with E-state index in [4.69, 9.17) is 9.47 Å². The predicted molar refractivity (Wildman–Crippen MR) is 68.5 cm³/mol. The minimum absolute atomic E-state index is 0.0915. The van der Waals surface area contributed by atoms with E-state index in [0.29, 0.717) is 13.0 Å². The Balaban J connectivity index is 2.06. The van der Waals surface area contributed by atoms with Crippen molar-refractivity contribution in [3.05, 3.63) is 16.1 Å². The largest absolute Gasteiger partial charge is 0.468 e. The highest BCUT2D eigenvalue weighted by Gasteiger charge is 2.37. The number of methoxy groups -OCH3 is 2. The summed E-state index contributed by atoms with van der Waals surface area (Å²) in [6.45, 7) is 3.39. The molecule has 2 heterocycles. The van der Waals surface area contributed by atoms with Crippen LogP contribution in [0.4, 0.5) is 0 Å². The molecule has 1 aliphatic heterocycles. The summed E-state index contributed by atoms with van der Waals surface area (Å²) in [5, 5.41) is 3.08. The molecule has 0 radical (unpaired) electrons. The summed E-state index contributed by atoms with van der Waals surface area (Å²) < 4.78 is 10.2. The molecular weight excluding hydrogens is 252 g/mol. The highest BCUT2D eigenvalue weighted by Crippen LogP contribution is 2.23. The van der Waals surface area contributed by atoms with E-state index in [1.165, 1.54) is 7.11 Å². The summed E-state index contributed by atoms with van der Waals surface area (Å²) in [6.07, 6.45) is 0.778. The Labute approximate surface area is 111 Å². The molecule has 0 bridgehead atoms. The van der Waals surface area contributed by atoms with Crippen LogP contribution in [0.3, 0.4) is 0 Å². The van der Waals surface area contributed by atoms with Gasteiger partial charge in [0.25, 0.3) is 0 Å². The van der Waals surface area contributed by atoms with Crippen LogP contribution in [-0.2, 0) is 20.8 Å². The molecule has 2 rings (SSSR count). The number of thiazole rings is 1. The second-order valence-electron chi connectivity index (χ2n) is 4.42. The molecule has 0 aromatic carbocycles.